The number of Topliss-reactive ketones (excluding diaryl/α,β-unsaturated/α-hetero) is 1. The zero-order valence-corrected chi connectivity index (χ0v) is 12.0. The smallest absolute Gasteiger partial charge is 0.294 e. The monoisotopic (exact) mass is 380 g/mol. The lowest BCUT2D eigenvalue weighted by atomic mass is 10.1. The molecule has 0 aliphatic rings. The maximum absolute atomic E-state index is 12.6. The summed E-state index contributed by atoms with van der Waals surface area (Å²) in [7, 11) is 0. The minimum absolute atomic E-state index is 0.0998. The van der Waals surface area contributed by atoms with Crippen LogP contribution >= 0.6 is 27.7 Å². The number of halogens is 7. The first-order valence-corrected chi connectivity index (χ1v) is 7.04. The van der Waals surface area contributed by atoms with Crippen molar-refractivity contribution in [3.05, 3.63) is 29.3 Å². The summed E-state index contributed by atoms with van der Waals surface area (Å²) in [6, 6.07) is 1.76. The molecule has 0 radical (unpaired) electrons. The normalized spacial score (nSPS) is 12.6. The van der Waals surface area contributed by atoms with Crippen LogP contribution in [0.25, 0.3) is 0 Å². The minimum Gasteiger partial charge on any atom is -0.294 e. The predicted octanol–water partition coefficient (Wildman–Crippen LogP) is 5.29. The first-order chi connectivity index (χ1) is 9.03. The zero-order chi connectivity index (χ0) is 15.6. The standard InChI is InChI=1S/C11H7BrF6OS/c12-2-1-9(19)6-3-7(10(13,14)15)5-8(4-6)20-11(16,17)18/h3-5H,1-2H2. The molecule has 20 heavy (non-hydrogen) atoms. The van der Waals surface area contributed by atoms with Crippen LogP contribution in [0.5, 0.6) is 0 Å². The van der Waals surface area contributed by atoms with E-state index in [1.54, 1.807) is 0 Å². The van der Waals surface area contributed by atoms with Gasteiger partial charge in [-0.2, -0.15) is 26.3 Å². The Morgan fingerprint density at radius 1 is 1.10 bits per heavy atom. The number of carbonyl (C=O) groups excluding carboxylic acids is 1. The third kappa shape index (κ3) is 5.35. The fourth-order valence-corrected chi connectivity index (χ4v) is 2.35. The Hall–Kier alpha value is -0.700. The molecule has 1 rings (SSSR count). The van der Waals surface area contributed by atoms with Crippen molar-refractivity contribution in [3.8, 4) is 0 Å². The highest BCUT2D eigenvalue weighted by Gasteiger charge is 2.34. The van der Waals surface area contributed by atoms with Crippen molar-refractivity contribution in [1.82, 2.24) is 0 Å². The summed E-state index contributed by atoms with van der Waals surface area (Å²) in [6.45, 7) is 0. The molecule has 0 saturated heterocycles. The maximum atomic E-state index is 12.6. The summed E-state index contributed by atoms with van der Waals surface area (Å²) in [5.74, 6) is -0.656. The van der Waals surface area contributed by atoms with Crippen LogP contribution in [0.4, 0.5) is 26.3 Å². The van der Waals surface area contributed by atoms with E-state index in [-0.39, 0.29) is 17.3 Å². The molecule has 0 atom stereocenters. The molecule has 0 aliphatic carbocycles. The Bertz CT molecular complexity index is 497. The van der Waals surface area contributed by atoms with Crippen LogP contribution in [-0.2, 0) is 6.18 Å². The van der Waals surface area contributed by atoms with Crippen LogP contribution in [0.15, 0.2) is 23.1 Å². The fraction of sp³-hybridized carbons (Fsp3) is 0.364. The van der Waals surface area contributed by atoms with Crippen molar-refractivity contribution >= 4 is 33.5 Å². The Morgan fingerprint density at radius 2 is 1.70 bits per heavy atom. The van der Waals surface area contributed by atoms with Gasteiger partial charge in [0.25, 0.3) is 0 Å². The van der Waals surface area contributed by atoms with Crippen LogP contribution < -0.4 is 0 Å². The minimum atomic E-state index is -4.81. The zero-order valence-electron chi connectivity index (χ0n) is 9.61. The van der Waals surface area contributed by atoms with Gasteiger partial charge in [0.2, 0.25) is 0 Å². The Kier molecular flexibility index (Phi) is 5.54. The average molecular weight is 381 g/mol. The SMILES string of the molecule is O=C(CCBr)c1cc(SC(F)(F)F)cc(C(F)(F)F)c1. The number of thioether (sulfide) groups is 1. The quantitative estimate of drug-likeness (QED) is 0.305. The van der Waals surface area contributed by atoms with Crippen LogP contribution in [0, 0.1) is 0 Å². The summed E-state index contributed by atoms with van der Waals surface area (Å²) in [5, 5.41) is 0.212. The molecular formula is C11H7BrF6OS. The lowest BCUT2D eigenvalue weighted by Crippen LogP contribution is -2.09. The molecule has 0 bridgehead atoms. The number of hydrogen-bond donors (Lipinski definition) is 0. The van der Waals surface area contributed by atoms with E-state index in [2.05, 4.69) is 15.9 Å². The van der Waals surface area contributed by atoms with Crippen LogP contribution in [-0.4, -0.2) is 16.6 Å². The van der Waals surface area contributed by atoms with Gasteiger partial charge in [-0.1, -0.05) is 15.9 Å². The topological polar surface area (TPSA) is 17.1 Å². The molecule has 0 N–H and O–H groups in total. The highest BCUT2D eigenvalue weighted by Crippen LogP contribution is 2.40. The van der Waals surface area contributed by atoms with Gasteiger partial charge in [0.15, 0.2) is 5.78 Å². The summed E-state index contributed by atoms with van der Waals surface area (Å²) < 4.78 is 74.6. The van der Waals surface area contributed by atoms with Gasteiger partial charge in [0.1, 0.15) is 0 Å². The van der Waals surface area contributed by atoms with Crippen molar-refractivity contribution in [1.29, 1.82) is 0 Å². The Morgan fingerprint density at radius 3 is 2.15 bits per heavy atom. The summed E-state index contributed by atoms with van der Waals surface area (Å²) in [6.07, 6.45) is -4.91. The van der Waals surface area contributed by atoms with Crippen LogP contribution in [0.1, 0.15) is 22.3 Å². The van der Waals surface area contributed by atoms with Gasteiger partial charge in [-0.15, -0.1) is 0 Å². The number of ketones is 1. The van der Waals surface area contributed by atoms with Gasteiger partial charge in [0, 0.05) is 22.2 Å². The molecule has 0 aromatic heterocycles. The number of alkyl halides is 7. The molecule has 0 aliphatic heterocycles. The molecule has 0 spiro atoms. The summed E-state index contributed by atoms with van der Waals surface area (Å²) in [4.78, 5) is 10.9. The van der Waals surface area contributed by atoms with E-state index in [1.165, 1.54) is 0 Å². The first kappa shape index (κ1) is 17.4. The van der Waals surface area contributed by atoms with E-state index in [0.29, 0.717) is 12.1 Å². The Balaban J connectivity index is 3.25. The molecule has 0 saturated carbocycles. The molecule has 0 amide bonds. The second-order valence-corrected chi connectivity index (χ2v) is 5.59. The van der Waals surface area contributed by atoms with Gasteiger partial charge >= 0.3 is 11.7 Å². The van der Waals surface area contributed by atoms with Gasteiger partial charge in [0.05, 0.1) is 5.56 Å². The second kappa shape index (κ2) is 6.38. The molecule has 0 heterocycles. The van der Waals surface area contributed by atoms with Crippen molar-refractivity contribution in [2.75, 3.05) is 5.33 Å². The number of carbonyl (C=O) groups is 1. The molecule has 112 valence electrons. The van der Waals surface area contributed by atoms with E-state index in [4.69, 9.17) is 0 Å². The number of benzene rings is 1. The third-order valence-electron chi connectivity index (χ3n) is 2.11. The van der Waals surface area contributed by atoms with Crippen molar-refractivity contribution in [3.63, 3.8) is 0 Å². The fourth-order valence-electron chi connectivity index (χ4n) is 1.35. The molecule has 1 aromatic carbocycles. The lowest BCUT2D eigenvalue weighted by Gasteiger charge is -2.12. The number of rotatable bonds is 4. The molecule has 0 fully saturated rings. The van der Waals surface area contributed by atoms with Crippen LogP contribution in [0.3, 0.4) is 0 Å². The molecule has 1 nitrogen and oxygen atoms in total. The van der Waals surface area contributed by atoms with E-state index in [0.717, 1.165) is 6.07 Å². The third-order valence-corrected chi connectivity index (χ3v) is 3.21. The summed E-state index contributed by atoms with van der Waals surface area (Å²) >= 11 is 2.26. The molecule has 0 unspecified atom stereocenters. The Labute approximate surface area is 122 Å². The maximum Gasteiger partial charge on any atom is 0.446 e. The van der Waals surface area contributed by atoms with E-state index in [1.807, 2.05) is 0 Å². The van der Waals surface area contributed by atoms with Crippen molar-refractivity contribution < 1.29 is 31.1 Å². The first-order valence-electron chi connectivity index (χ1n) is 5.10. The van der Waals surface area contributed by atoms with Crippen LogP contribution in [0.2, 0.25) is 0 Å². The highest BCUT2D eigenvalue weighted by molar-refractivity contribution is 9.09. The van der Waals surface area contributed by atoms with E-state index >= 15 is 0 Å². The second-order valence-electron chi connectivity index (χ2n) is 3.65. The van der Waals surface area contributed by atoms with Gasteiger partial charge in [-0.25, -0.2) is 0 Å². The van der Waals surface area contributed by atoms with Crippen molar-refractivity contribution in [2.45, 2.75) is 23.0 Å². The summed E-state index contributed by atoms with van der Waals surface area (Å²) in [5.41, 5.74) is -6.38. The lowest BCUT2D eigenvalue weighted by molar-refractivity contribution is -0.137. The molecular weight excluding hydrogens is 374 g/mol. The van der Waals surface area contributed by atoms with Gasteiger partial charge in [-0.05, 0) is 30.0 Å². The van der Waals surface area contributed by atoms with E-state index < -0.39 is 39.7 Å². The van der Waals surface area contributed by atoms with Crippen molar-refractivity contribution in [2.24, 2.45) is 0 Å². The molecule has 9 heteroatoms. The highest BCUT2D eigenvalue weighted by atomic mass is 79.9. The average Bonchev–Trinajstić information content (AvgIpc) is 2.25. The number of hydrogen-bond acceptors (Lipinski definition) is 2. The van der Waals surface area contributed by atoms with Gasteiger partial charge in [-0.3, -0.25) is 4.79 Å². The largest absolute Gasteiger partial charge is 0.446 e. The van der Waals surface area contributed by atoms with E-state index in [9.17, 15) is 31.1 Å². The molecule has 1 aromatic rings. The van der Waals surface area contributed by atoms with Gasteiger partial charge < -0.3 is 0 Å². The predicted molar refractivity (Wildman–Crippen MR) is 66.1 cm³/mol.